The number of hydrogen-bond donors (Lipinski definition) is 1. The van der Waals surface area contributed by atoms with Crippen molar-refractivity contribution in [1.29, 1.82) is 0 Å². The van der Waals surface area contributed by atoms with Crippen molar-refractivity contribution in [3.8, 4) is 11.3 Å². The highest BCUT2D eigenvalue weighted by atomic mass is 16.5. The van der Waals surface area contributed by atoms with Gasteiger partial charge in [-0.25, -0.2) is 9.78 Å². The zero-order valence-electron chi connectivity index (χ0n) is 17.8. The third kappa shape index (κ3) is 3.66. The van der Waals surface area contributed by atoms with Gasteiger partial charge < -0.3 is 10.1 Å². The molecule has 0 aliphatic rings. The number of ether oxygens (including phenoxy) is 1. The molecule has 1 N–H and O–H groups in total. The second kappa shape index (κ2) is 8.02. The molecule has 2 heterocycles. The van der Waals surface area contributed by atoms with Gasteiger partial charge in [0.2, 0.25) is 0 Å². The van der Waals surface area contributed by atoms with Gasteiger partial charge in [-0.3, -0.25) is 9.48 Å². The molecule has 2 aromatic carbocycles. The summed E-state index contributed by atoms with van der Waals surface area (Å²) in [5.74, 6) is -0.860. The number of para-hydroxylation sites is 1. The van der Waals surface area contributed by atoms with Crippen LogP contribution in [0.3, 0.4) is 0 Å². The Hall–Kier alpha value is -4.00. The van der Waals surface area contributed by atoms with Gasteiger partial charge in [0.1, 0.15) is 0 Å². The summed E-state index contributed by atoms with van der Waals surface area (Å²) in [6, 6.07) is 16.6. The van der Waals surface area contributed by atoms with Crippen LogP contribution >= 0.6 is 0 Å². The molecule has 0 saturated carbocycles. The lowest BCUT2D eigenvalue weighted by Gasteiger charge is -2.14. The third-order valence-electron chi connectivity index (χ3n) is 5.20. The number of carbonyl (C=O) groups is 2. The van der Waals surface area contributed by atoms with E-state index in [2.05, 4.69) is 10.4 Å². The predicted molar refractivity (Wildman–Crippen MR) is 119 cm³/mol. The van der Waals surface area contributed by atoms with Gasteiger partial charge in [-0.15, -0.1) is 0 Å². The van der Waals surface area contributed by atoms with Crippen LogP contribution in [0.5, 0.6) is 0 Å². The number of pyridine rings is 1. The largest absolute Gasteiger partial charge is 0.465 e. The molecular formula is C24H22N4O3. The first-order valence-corrected chi connectivity index (χ1v) is 9.79. The van der Waals surface area contributed by atoms with Crippen molar-refractivity contribution in [2.24, 2.45) is 7.05 Å². The zero-order valence-corrected chi connectivity index (χ0v) is 17.8. The van der Waals surface area contributed by atoms with E-state index in [1.807, 2.05) is 50.2 Å². The number of aryl methyl sites for hydroxylation is 3. The Labute approximate surface area is 179 Å². The molecule has 156 valence electrons. The van der Waals surface area contributed by atoms with Gasteiger partial charge in [-0.1, -0.05) is 42.5 Å². The Kier molecular flexibility index (Phi) is 5.25. The standard InChI is InChI=1S/C24H22N4O3/c1-14-9-8-12-17(24(30)31-4)21(14)26-23(29)18-13-19(16-10-6-5-7-11-16)25-22-20(18)15(2)27-28(22)3/h5-13H,1-4H3,(H,26,29). The minimum Gasteiger partial charge on any atom is -0.465 e. The highest BCUT2D eigenvalue weighted by molar-refractivity contribution is 6.15. The van der Waals surface area contributed by atoms with Gasteiger partial charge in [-0.05, 0) is 31.5 Å². The molecule has 0 fully saturated rings. The third-order valence-corrected chi connectivity index (χ3v) is 5.20. The van der Waals surface area contributed by atoms with Crippen LogP contribution in [0.25, 0.3) is 22.3 Å². The van der Waals surface area contributed by atoms with E-state index < -0.39 is 5.97 Å². The first-order valence-electron chi connectivity index (χ1n) is 9.79. The van der Waals surface area contributed by atoms with Crippen LogP contribution < -0.4 is 5.32 Å². The maximum atomic E-state index is 13.5. The van der Waals surface area contributed by atoms with Crippen molar-refractivity contribution >= 4 is 28.6 Å². The monoisotopic (exact) mass is 414 g/mol. The molecule has 2 aromatic heterocycles. The van der Waals surface area contributed by atoms with E-state index in [1.165, 1.54) is 7.11 Å². The second-order valence-corrected chi connectivity index (χ2v) is 7.27. The number of amides is 1. The molecule has 1 amide bonds. The molecule has 0 aliphatic heterocycles. The Morgan fingerprint density at radius 3 is 2.45 bits per heavy atom. The van der Waals surface area contributed by atoms with E-state index in [4.69, 9.17) is 9.72 Å². The first-order chi connectivity index (χ1) is 14.9. The Morgan fingerprint density at radius 2 is 1.74 bits per heavy atom. The normalized spacial score (nSPS) is 10.8. The summed E-state index contributed by atoms with van der Waals surface area (Å²) in [5, 5.41) is 8.04. The van der Waals surface area contributed by atoms with Crippen molar-refractivity contribution in [2.45, 2.75) is 13.8 Å². The maximum absolute atomic E-state index is 13.5. The molecule has 4 aromatic rings. The van der Waals surface area contributed by atoms with E-state index in [-0.39, 0.29) is 5.91 Å². The SMILES string of the molecule is COC(=O)c1cccc(C)c1NC(=O)c1cc(-c2ccccc2)nc2c1c(C)nn2C. The van der Waals surface area contributed by atoms with Gasteiger partial charge in [0.25, 0.3) is 5.91 Å². The summed E-state index contributed by atoms with van der Waals surface area (Å²) in [7, 11) is 3.11. The highest BCUT2D eigenvalue weighted by Crippen LogP contribution is 2.29. The van der Waals surface area contributed by atoms with Crippen molar-refractivity contribution in [3.05, 3.63) is 77.0 Å². The topological polar surface area (TPSA) is 86.1 Å². The first kappa shape index (κ1) is 20.3. The Balaban J connectivity index is 1.87. The Bertz CT molecular complexity index is 1310. The number of carbonyl (C=O) groups excluding carboxylic acids is 2. The van der Waals surface area contributed by atoms with Crippen molar-refractivity contribution in [2.75, 3.05) is 12.4 Å². The van der Waals surface area contributed by atoms with E-state index in [9.17, 15) is 9.59 Å². The fraction of sp³-hybridized carbons (Fsp3) is 0.167. The lowest BCUT2D eigenvalue weighted by molar-refractivity contribution is 0.0602. The maximum Gasteiger partial charge on any atom is 0.339 e. The fourth-order valence-corrected chi connectivity index (χ4v) is 3.68. The molecule has 0 unspecified atom stereocenters. The quantitative estimate of drug-likeness (QED) is 0.504. The average molecular weight is 414 g/mol. The second-order valence-electron chi connectivity index (χ2n) is 7.27. The number of fused-ring (bicyclic) bond motifs is 1. The summed E-state index contributed by atoms with van der Waals surface area (Å²) in [6.07, 6.45) is 0. The minimum absolute atomic E-state index is 0.298. The van der Waals surface area contributed by atoms with Crippen LogP contribution in [0.15, 0.2) is 54.6 Å². The number of methoxy groups -OCH3 is 1. The van der Waals surface area contributed by atoms with E-state index in [0.717, 1.165) is 11.1 Å². The van der Waals surface area contributed by atoms with Gasteiger partial charge in [0, 0.05) is 12.6 Å². The van der Waals surface area contributed by atoms with Crippen molar-refractivity contribution < 1.29 is 14.3 Å². The van der Waals surface area contributed by atoms with Gasteiger partial charge in [-0.2, -0.15) is 5.10 Å². The lowest BCUT2D eigenvalue weighted by atomic mass is 10.0. The fourth-order valence-electron chi connectivity index (χ4n) is 3.68. The number of hydrogen-bond acceptors (Lipinski definition) is 5. The summed E-state index contributed by atoms with van der Waals surface area (Å²) >= 11 is 0. The number of rotatable bonds is 4. The zero-order chi connectivity index (χ0) is 22.1. The van der Waals surface area contributed by atoms with Crippen LogP contribution in [0, 0.1) is 13.8 Å². The molecule has 31 heavy (non-hydrogen) atoms. The number of aromatic nitrogens is 3. The highest BCUT2D eigenvalue weighted by Gasteiger charge is 2.22. The molecule has 7 heteroatoms. The summed E-state index contributed by atoms with van der Waals surface area (Å²) in [4.78, 5) is 30.4. The molecule has 7 nitrogen and oxygen atoms in total. The van der Waals surface area contributed by atoms with Gasteiger partial charge in [0.15, 0.2) is 5.65 Å². The van der Waals surface area contributed by atoms with Crippen LogP contribution in [-0.4, -0.2) is 33.8 Å². The molecular weight excluding hydrogens is 392 g/mol. The lowest BCUT2D eigenvalue weighted by Crippen LogP contribution is -2.17. The van der Waals surface area contributed by atoms with E-state index in [0.29, 0.717) is 39.2 Å². The number of anilines is 1. The average Bonchev–Trinajstić information content (AvgIpc) is 3.08. The van der Waals surface area contributed by atoms with E-state index in [1.54, 1.807) is 29.9 Å². The van der Waals surface area contributed by atoms with Crippen LogP contribution in [-0.2, 0) is 11.8 Å². The van der Waals surface area contributed by atoms with Crippen LogP contribution in [0.2, 0.25) is 0 Å². The number of nitrogens with zero attached hydrogens (tertiary/aromatic N) is 3. The van der Waals surface area contributed by atoms with Gasteiger partial charge >= 0.3 is 5.97 Å². The molecule has 0 aliphatic carbocycles. The molecule has 4 rings (SSSR count). The molecule has 0 saturated heterocycles. The van der Waals surface area contributed by atoms with E-state index >= 15 is 0 Å². The van der Waals surface area contributed by atoms with Crippen LogP contribution in [0.4, 0.5) is 5.69 Å². The smallest absolute Gasteiger partial charge is 0.339 e. The summed E-state index contributed by atoms with van der Waals surface area (Å²) < 4.78 is 6.54. The number of benzene rings is 2. The van der Waals surface area contributed by atoms with Crippen molar-refractivity contribution in [3.63, 3.8) is 0 Å². The summed E-state index contributed by atoms with van der Waals surface area (Å²) in [5.41, 5.74) is 4.79. The van der Waals surface area contributed by atoms with Gasteiger partial charge in [0.05, 0.1) is 40.7 Å². The molecule has 0 radical (unpaired) electrons. The van der Waals surface area contributed by atoms with Crippen LogP contribution in [0.1, 0.15) is 32.0 Å². The molecule has 0 atom stereocenters. The molecule has 0 bridgehead atoms. The molecule has 0 spiro atoms. The van der Waals surface area contributed by atoms with Crippen molar-refractivity contribution in [1.82, 2.24) is 14.8 Å². The summed E-state index contributed by atoms with van der Waals surface area (Å²) in [6.45, 7) is 3.67. The Morgan fingerprint density at radius 1 is 1.00 bits per heavy atom. The number of esters is 1. The number of nitrogens with one attached hydrogen (secondary N) is 1. The predicted octanol–water partition coefficient (Wildman–Crippen LogP) is 4.29. The minimum atomic E-state index is -0.513.